The molecule has 0 saturated carbocycles. The van der Waals surface area contributed by atoms with Crippen molar-refractivity contribution in [2.24, 2.45) is 17.8 Å². The summed E-state index contributed by atoms with van der Waals surface area (Å²) in [6.07, 6.45) is 14.1. The number of nitrogens with one attached hydrogen (secondary N) is 1. The van der Waals surface area contributed by atoms with Crippen LogP contribution in [0.5, 0.6) is 5.75 Å². The van der Waals surface area contributed by atoms with E-state index >= 15 is 0 Å². The lowest BCUT2D eigenvalue weighted by atomic mass is 9.83. The van der Waals surface area contributed by atoms with Crippen molar-refractivity contribution in [2.45, 2.75) is 132 Å². The largest absolute Gasteiger partial charge is 0.487 e. The molecule has 0 aromatic heterocycles. The quantitative estimate of drug-likeness (QED) is 0.298. The van der Waals surface area contributed by atoms with Gasteiger partial charge in [-0.2, -0.15) is 0 Å². The van der Waals surface area contributed by atoms with Crippen LogP contribution in [-0.4, -0.2) is 10.8 Å². The van der Waals surface area contributed by atoms with Crippen molar-refractivity contribution in [2.75, 3.05) is 5.48 Å². The van der Waals surface area contributed by atoms with Crippen LogP contribution in [0.25, 0.3) is 0 Å². The van der Waals surface area contributed by atoms with Gasteiger partial charge in [-0.05, 0) is 93.4 Å². The van der Waals surface area contributed by atoms with Gasteiger partial charge in [0.05, 0.1) is 5.69 Å². The first-order valence-corrected chi connectivity index (χ1v) is 13.3. The van der Waals surface area contributed by atoms with Gasteiger partial charge in [-0.1, -0.05) is 72.6 Å². The molecule has 0 bridgehead atoms. The van der Waals surface area contributed by atoms with E-state index in [1.807, 2.05) is 0 Å². The smallest absolute Gasteiger partial charge is 0.126 e. The molecule has 2 N–H and O–H groups in total. The predicted octanol–water partition coefficient (Wildman–Crippen LogP) is 8.94. The Balaban J connectivity index is 1.77. The van der Waals surface area contributed by atoms with E-state index < -0.39 is 0 Å². The van der Waals surface area contributed by atoms with Crippen LogP contribution in [0.2, 0.25) is 0 Å². The summed E-state index contributed by atoms with van der Waals surface area (Å²) in [6, 6.07) is 0. The topological polar surface area (TPSA) is 41.5 Å². The van der Waals surface area contributed by atoms with Gasteiger partial charge < -0.3 is 4.74 Å². The minimum atomic E-state index is -0.0740. The molecule has 0 spiro atoms. The highest BCUT2D eigenvalue weighted by atomic mass is 16.5. The van der Waals surface area contributed by atoms with Gasteiger partial charge in [0.15, 0.2) is 0 Å². The number of hydrogen-bond acceptors (Lipinski definition) is 3. The van der Waals surface area contributed by atoms with Crippen LogP contribution in [0.4, 0.5) is 5.69 Å². The molecule has 3 heteroatoms. The summed E-state index contributed by atoms with van der Waals surface area (Å²) in [7, 11) is 0. The minimum absolute atomic E-state index is 0.0740. The summed E-state index contributed by atoms with van der Waals surface area (Å²) in [5, 5.41) is 9.55. The number of ether oxygens (including phenoxy) is 1. The average Bonchev–Trinajstić information content (AvgIpc) is 2.72. The fourth-order valence-electron chi connectivity index (χ4n) is 5.46. The minimum Gasteiger partial charge on any atom is -0.487 e. The molecule has 32 heavy (non-hydrogen) atoms. The zero-order valence-electron chi connectivity index (χ0n) is 22.4. The summed E-state index contributed by atoms with van der Waals surface area (Å²) in [4.78, 5) is 0. The molecular weight excluding hydrogens is 394 g/mol. The molecule has 0 amide bonds. The second-order valence-corrected chi connectivity index (χ2v) is 11.6. The molecule has 0 radical (unpaired) electrons. The van der Waals surface area contributed by atoms with Gasteiger partial charge in [0.1, 0.15) is 11.4 Å². The molecule has 0 unspecified atom stereocenters. The van der Waals surface area contributed by atoms with Crippen LogP contribution in [0, 0.1) is 38.5 Å². The van der Waals surface area contributed by atoms with Crippen LogP contribution >= 0.6 is 0 Å². The zero-order chi connectivity index (χ0) is 23.9. The molecule has 3 nitrogen and oxygen atoms in total. The molecule has 1 heterocycles. The monoisotopic (exact) mass is 445 g/mol. The van der Waals surface area contributed by atoms with Gasteiger partial charge >= 0.3 is 0 Å². The maximum absolute atomic E-state index is 9.55. The first-order valence-electron chi connectivity index (χ1n) is 13.3. The standard InChI is InChI=1S/C29H51NO2/c1-20(2)12-9-13-21(3)14-10-15-22(4)16-11-18-29(8)19-17-26-25(7)27(30-31)23(5)24(6)28(26)32-29/h20-22,30-31H,9-19H2,1-8H3/t21-,22-,29-/m1/s1. The van der Waals surface area contributed by atoms with Crippen LogP contribution < -0.4 is 10.2 Å². The highest BCUT2D eigenvalue weighted by Crippen LogP contribution is 2.44. The fraction of sp³-hybridized carbons (Fsp3) is 0.793. The summed E-state index contributed by atoms with van der Waals surface area (Å²) >= 11 is 0. The Morgan fingerprint density at radius 3 is 1.97 bits per heavy atom. The molecule has 1 aliphatic rings. The van der Waals surface area contributed by atoms with E-state index in [0.29, 0.717) is 0 Å². The van der Waals surface area contributed by atoms with Crippen molar-refractivity contribution in [1.29, 1.82) is 0 Å². The van der Waals surface area contributed by atoms with E-state index in [1.54, 1.807) is 0 Å². The lowest BCUT2D eigenvalue weighted by molar-refractivity contribution is 0.0514. The van der Waals surface area contributed by atoms with Gasteiger partial charge in [0, 0.05) is 0 Å². The molecule has 0 aliphatic carbocycles. The van der Waals surface area contributed by atoms with Gasteiger partial charge in [-0.25, -0.2) is 0 Å². The molecule has 184 valence electrons. The Kier molecular flexibility index (Phi) is 10.4. The molecule has 0 saturated heterocycles. The third-order valence-corrected chi connectivity index (χ3v) is 8.02. The number of rotatable bonds is 13. The van der Waals surface area contributed by atoms with Gasteiger partial charge in [0.25, 0.3) is 0 Å². The van der Waals surface area contributed by atoms with Crippen molar-refractivity contribution in [3.8, 4) is 5.75 Å². The molecule has 2 rings (SSSR count). The van der Waals surface area contributed by atoms with E-state index in [-0.39, 0.29) is 5.60 Å². The average molecular weight is 446 g/mol. The van der Waals surface area contributed by atoms with Crippen molar-refractivity contribution in [3.63, 3.8) is 0 Å². The third kappa shape index (κ3) is 7.40. The Bertz CT molecular complexity index is 727. The highest BCUT2D eigenvalue weighted by Gasteiger charge is 2.34. The molecule has 0 fully saturated rings. The van der Waals surface area contributed by atoms with Crippen molar-refractivity contribution in [3.05, 3.63) is 22.3 Å². The molecule has 1 aromatic carbocycles. The zero-order valence-corrected chi connectivity index (χ0v) is 22.4. The lowest BCUT2D eigenvalue weighted by Crippen LogP contribution is -2.37. The summed E-state index contributed by atoms with van der Waals surface area (Å²) in [5.74, 6) is 3.60. The Morgan fingerprint density at radius 2 is 1.41 bits per heavy atom. The van der Waals surface area contributed by atoms with Crippen LogP contribution in [0.15, 0.2) is 0 Å². The second-order valence-electron chi connectivity index (χ2n) is 11.6. The predicted molar refractivity (Wildman–Crippen MR) is 138 cm³/mol. The maximum Gasteiger partial charge on any atom is 0.126 e. The molecule has 1 aromatic rings. The number of hydrogen-bond donors (Lipinski definition) is 2. The summed E-state index contributed by atoms with van der Waals surface area (Å²) in [6.45, 7) is 18.1. The maximum atomic E-state index is 9.55. The second kappa shape index (κ2) is 12.3. The molecular formula is C29H51NO2. The van der Waals surface area contributed by atoms with Gasteiger partial charge in [-0.15, -0.1) is 0 Å². The number of fused-ring (bicyclic) bond motifs is 1. The van der Waals surface area contributed by atoms with Crippen molar-refractivity contribution in [1.82, 2.24) is 0 Å². The fourth-order valence-corrected chi connectivity index (χ4v) is 5.46. The summed E-state index contributed by atoms with van der Waals surface area (Å²) < 4.78 is 6.65. The number of anilines is 1. The Labute approximate surface area is 198 Å². The molecule has 3 atom stereocenters. The number of benzene rings is 1. The van der Waals surface area contributed by atoms with E-state index in [9.17, 15) is 5.21 Å². The first-order chi connectivity index (χ1) is 15.1. The van der Waals surface area contributed by atoms with E-state index in [1.165, 1.54) is 56.9 Å². The first kappa shape index (κ1) is 27.0. The summed E-state index contributed by atoms with van der Waals surface area (Å²) in [5.41, 5.74) is 7.80. The van der Waals surface area contributed by atoms with Gasteiger partial charge in [0.2, 0.25) is 0 Å². The van der Waals surface area contributed by atoms with E-state index in [4.69, 9.17) is 4.74 Å². The van der Waals surface area contributed by atoms with Crippen molar-refractivity contribution >= 4 is 5.69 Å². The van der Waals surface area contributed by atoms with Gasteiger partial charge in [-0.3, -0.25) is 10.7 Å². The van der Waals surface area contributed by atoms with Crippen LogP contribution in [-0.2, 0) is 6.42 Å². The SMILES string of the molecule is Cc1c(C)c2c(c(C)c1NO)CC[C@@](C)(CCC[C@H](C)CCC[C@H](C)CCCC(C)C)O2. The van der Waals surface area contributed by atoms with E-state index in [2.05, 4.69) is 60.9 Å². The van der Waals surface area contributed by atoms with E-state index in [0.717, 1.165) is 65.1 Å². The lowest BCUT2D eigenvalue weighted by Gasteiger charge is -2.38. The van der Waals surface area contributed by atoms with Crippen molar-refractivity contribution < 1.29 is 9.94 Å². The Hall–Kier alpha value is -1.22. The van der Waals surface area contributed by atoms with Crippen LogP contribution in [0.1, 0.15) is 121 Å². The van der Waals surface area contributed by atoms with Crippen LogP contribution in [0.3, 0.4) is 0 Å². The Morgan fingerprint density at radius 1 is 0.844 bits per heavy atom. The molecule has 1 aliphatic heterocycles. The normalized spacial score (nSPS) is 20.1. The third-order valence-electron chi connectivity index (χ3n) is 8.02. The highest BCUT2D eigenvalue weighted by molar-refractivity contribution is 5.67.